The fourth-order valence-electron chi connectivity index (χ4n) is 5.08. The number of hydrogen-bond donors (Lipinski definition) is 0. The summed E-state index contributed by atoms with van der Waals surface area (Å²) >= 11 is 6.22. The van der Waals surface area contributed by atoms with Gasteiger partial charge in [-0.3, -0.25) is 9.59 Å². The smallest absolute Gasteiger partial charge is 0.149 e. The second kappa shape index (κ2) is 5.32. The fourth-order valence-corrected chi connectivity index (χ4v) is 5.24. The minimum atomic E-state index is -0.837. The van der Waals surface area contributed by atoms with Gasteiger partial charge in [-0.15, -0.1) is 0 Å². The number of piperidine rings is 1. The monoisotopic (exact) mass is 345 g/mol. The molecule has 1 aliphatic carbocycles. The van der Waals surface area contributed by atoms with Crippen molar-refractivity contribution in [3.8, 4) is 0 Å². The molecule has 2 heterocycles. The highest BCUT2D eigenvalue weighted by molar-refractivity contribution is 6.31. The van der Waals surface area contributed by atoms with E-state index in [1.807, 2.05) is 32.0 Å². The van der Waals surface area contributed by atoms with Crippen molar-refractivity contribution >= 4 is 28.9 Å². The normalized spacial score (nSPS) is 27.8. The second-order valence-electron chi connectivity index (χ2n) is 8.49. The molecule has 2 aliphatic heterocycles. The zero-order valence-electron chi connectivity index (χ0n) is 14.4. The number of nitrogens with zero attached hydrogens (tertiary/aromatic N) is 1. The number of ketones is 2. The molecule has 0 amide bonds. The molecule has 0 unspecified atom stereocenters. The van der Waals surface area contributed by atoms with Crippen LogP contribution in [0, 0.1) is 10.8 Å². The van der Waals surface area contributed by atoms with Gasteiger partial charge in [-0.2, -0.15) is 0 Å². The van der Waals surface area contributed by atoms with Gasteiger partial charge in [0.15, 0.2) is 0 Å². The number of anilines is 1. The summed E-state index contributed by atoms with van der Waals surface area (Å²) < 4.78 is 0. The molecule has 4 rings (SSSR count). The predicted molar refractivity (Wildman–Crippen MR) is 95.6 cm³/mol. The Morgan fingerprint density at radius 2 is 1.79 bits per heavy atom. The lowest BCUT2D eigenvalue weighted by atomic mass is 9.55. The summed E-state index contributed by atoms with van der Waals surface area (Å²) in [6.45, 7) is 4.97. The van der Waals surface area contributed by atoms with Crippen molar-refractivity contribution in [3.05, 3.63) is 28.8 Å². The van der Waals surface area contributed by atoms with Gasteiger partial charge in [-0.25, -0.2) is 0 Å². The maximum Gasteiger partial charge on any atom is 0.149 e. The second-order valence-corrected chi connectivity index (χ2v) is 8.93. The summed E-state index contributed by atoms with van der Waals surface area (Å²) in [6.07, 6.45) is 4.67. The van der Waals surface area contributed by atoms with E-state index in [9.17, 15) is 9.59 Å². The zero-order chi connectivity index (χ0) is 17.1. The van der Waals surface area contributed by atoms with Crippen LogP contribution in [0.25, 0.3) is 0 Å². The topological polar surface area (TPSA) is 37.4 Å². The molecule has 1 spiro atoms. The summed E-state index contributed by atoms with van der Waals surface area (Å²) in [4.78, 5) is 28.8. The van der Waals surface area contributed by atoms with E-state index in [0.29, 0.717) is 19.3 Å². The molecule has 1 atom stereocenters. The van der Waals surface area contributed by atoms with Crippen molar-refractivity contribution in [1.82, 2.24) is 0 Å². The van der Waals surface area contributed by atoms with Crippen molar-refractivity contribution in [1.29, 1.82) is 0 Å². The molecule has 128 valence electrons. The first-order valence-corrected chi connectivity index (χ1v) is 9.33. The Bertz CT molecular complexity index is 704. The Morgan fingerprint density at radius 1 is 1.08 bits per heavy atom. The van der Waals surface area contributed by atoms with Crippen LogP contribution in [0.5, 0.6) is 0 Å². The minimum absolute atomic E-state index is 0.00770. The van der Waals surface area contributed by atoms with E-state index in [1.165, 1.54) is 0 Å². The van der Waals surface area contributed by atoms with Crippen LogP contribution in [-0.2, 0) is 16.0 Å². The highest BCUT2D eigenvalue weighted by Crippen LogP contribution is 2.52. The maximum atomic E-state index is 13.3. The summed E-state index contributed by atoms with van der Waals surface area (Å²) in [7, 11) is 0. The molecular weight excluding hydrogens is 322 g/mol. The maximum absolute atomic E-state index is 13.3. The SMILES string of the molecule is CC1(C)CC(=O)C2(Cc3ccc(Cl)cc3N3CCCC[C@H]32)C(=O)C1. The van der Waals surface area contributed by atoms with E-state index in [4.69, 9.17) is 11.6 Å². The first-order chi connectivity index (χ1) is 11.3. The van der Waals surface area contributed by atoms with Gasteiger partial charge in [0.25, 0.3) is 0 Å². The Balaban J connectivity index is 1.86. The number of hydrogen-bond acceptors (Lipinski definition) is 3. The Kier molecular flexibility index (Phi) is 3.58. The van der Waals surface area contributed by atoms with Gasteiger partial charge >= 0.3 is 0 Å². The average molecular weight is 346 g/mol. The van der Waals surface area contributed by atoms with Gasteiger partial charge in [-0.1, -0.05) is 31.5 Å². The van der Waals surface area contributed by atoms with Gasteiger partial charge in [0, 0.05) is 36.1 Å². The number of Topliss-reactive ketones (excluding diaryl/α,β-unsaturated/α-hetero) is 2. The highest BCUT2D eigenvalue weighted by Gasteiger charge is 2.59. The number of carbonyl (C=O) groups is 2. The van der Waals surface area contributed by atoms with E-state index in [2.05, 4.69) is 4.90 Å². The zero-order valence-corrected chi connectivity index (χ0v) is 15.2. The van der Waals surface area contributed by atoms with Crippen LogP contribution in [0.4, 0.5) is 5.69 Å². The Labute approximate surface area is 148 Å². The van der Waals surface area contributed by atoms with Gasteiger partial charge in [0.05, 0.1) is 0 Å². The largest absolute Gasteiger partial charge is 0.367 e. The minimum Gasteiger partial charge on any atom is -0.367 e. The molecule has 0 aromatic heterocycles. The summed E-state index contributed by atoms with van der Waals surface area (Å²) in [5, 5.41) is 0.719. The van der Waals surface area contributed by atoms with Gasteiger partial charge in [-0.05, 0) is 48.8 Å². The quantitative estimate of drug-likeness (QED) is 0.661. The van der Waals surface area contributed by atoms with Crippen LogP contribution in [0.15, 0.2) is 18.2 Å². The van der Waals surface area contributed by atoms with E-state index >= 15 is 0 Å². The molecule has 0 radical (unpaired) electrons. The Morgan fingerprint density at radius 3 is 2.50 bits per heavy atom. The predicted octanol–water partition coefficient (Wildman–Crippen LogP) is 4.20. The third kappa shape index (κ3) is 2.24. The van der Waals surface area contributed by atoms with E-state index < -0.39 is 5.41 Å². The lowest BCUT2D eigenvalue weighted by molar-refractivity contribution is -0.150. The third-order valence-electron chi connectivity index (χ3n) is 6.17. The first-order valence-electron chi connectivity index (χ1n) is 8.95. The lowest BCUT2D eigenvalue weighted by Gasteiger charge is -2.54. The van der Waals surface area contributed by atoms with Crippen molar-refractivity contribution in [2.75, 3.05) is 11.4 Å². The number of carbonyl (C=O) groups excluding carboxylic acids is 2. The molecule has 24 heavy (non-hydrogen) atoms. The number of fused-ring (bicyclic) bond motifs is 4. The number of benzene rings is 1. The Hall–Kier alpha value is -1.35. The van der Waals surface area contributed by atoms with Gasteiger partial charge in [0.1, 0.15) is 17.0 Å². The first kappa shape index (κ1) is 16.1. The van der Waals surface area contributed by atoms with E-state index in [0.717, 1.165) is 42.1 Å². The summed E-state index contributed by atoms with van der Waals surface area (Å²) in [5.41, 5.74) is 1.18. The molecule has 1 aromatic carbocycles. The molecule has 0 N–H and O–H groups in total. The van der Waals surface area contributed by atoms with E-state index in [-0.39, 0.29) is 23.0 Å². The van der Waals surface area contributed by atoms with E-state index in [1.54, 1.807) is 0 Å². The van der Waals surface area contributed by atoms with Crippen LogP contribution >= 0.6 is 11.6 Å². The van der Waals surface area contributed by atoms with Crippen LogP contribution in [0.3, 0.4) is 0 Å². The van der Waals surface area contributed by atoms with Crippen molar-refractivity contribution in [3.63, 3.8) is 0 Å². The average Bonchev–Trinajstić information content (AvgIpc) is 2.52. The van der Waals surface area contributed by atoms with Crippen LogP contribution in [-0.4, -0.2) is 24.2 Å². The molecule has 4 heteroatoms. The van der Waals surface area contributed by atoms with Crippen LogP contribution in [0.2, 0.25) is 5.02 Å². The number of rotatable bonds is 0. The molecular formula is C20H24ClNO2. The molecule has 2 fully saturated rings. The van der Waals surface area contributed by atoms with Crippen molar-refractivity contribution in [2.24, 2.45) is 10.8 Å². The highest BCUT2D eigenvalue weighted by atomic mass is 35.5. The molecule has 1 saturated heterocycles. The fraction of sp³-hybridized carbons (Fsp3) is 0.600. The van der Waals surface area contributed by atoms with Crippen molar-refractivity contribution in [2.45, 2.75) is 58.4 Å². The third-order valence-corrected chi connectivity index (χ3v) is 6.41. The molecule has 0 bridgehead atoms. The lowest BCUT2D eigenvalue weighted by Crippen LogP contribution is -2.64. The molecule has 1 aromatic rings. The van der Waals surface area contributed by atoms with Crippen LogP contribution < -0.4 is 4.90 Å². The van der Waals surface area contributed by atoms with Gasteiger partial charge < -0.3 is 4.90 Å². The van der Waals surface area contributed by atoms with Gasteiger partial charge in [0.2, 0.25) is 0 Å². The van der Waals surface area contributed by atoms with Crippen LogP contribution in [0.1, 0.15) is 51.5 Å². The molecule has 3 aliphatic rings. The summed E-state index contributed by atoms with van der Waals surface area (Å²) in [5.74, 6) is 0.308. The summed E-state index contributed by atoms with van der Waals surface area (Å²) in [6, 6.07) is 5.89. The molecule has 1 saturated carbocycles. The van der Waals surface area contributed by atoms with Crippen molar-refractivity contribution < 1.29 is 9.59 Å². The standard InChI is InChI=1S/C20H24ClNO2/c1-19(2)11-17(23)20(18(24)12-19)10-13-6-7-14(21)9-15(13)22-8-4-3-5-16(20)22/h6-7,9,16H,3-5,8,10-12H2,1-2H3/t16-/m0/s1. The number of halogens is 1. The molecule has 3 nitrogen and oxygen atoms in total.